The van der Waals surface area contributed by atoms with Gasteiger partial charge in [0.25, 0.3) is 0 Å². The van der Waals surface area contributed by atoms with Crippen LogP contribution in [0.25, 0.3) is 11.1 Å². The third-order valence-electron chi connectivity index (χ3n) is 2.06. The van der Waals surface area contributed by atoms with Crippen LogP contribution in [0.3, 0.4) is 0 Å². The van der Waals surface area contributed by atoms with E-state index in [1.54, 1.807) is 12.5 Å². The minimum Gasteiger partial charge on any atom is -0.446 e. The predicted molar refractivity (Wildman–Crippen MR) is 50.5 cm³/mol. The molecule has 0 radical (unpaired) electrons. The SMILES string of the molecule is CC(C)(C)c1coc2ncncc12. The minimum atomic E-state index is 0.0793. The molecule has 0 aliphatic rings. The summed E-state index contributed by atoms with van der Waals surface area (Å²) < 4.78 is 5.32. The first-order valence-corrected chi connectivity index (χ1v) is 4.27. The van der Waals surface area contributed by atoms with E-state index in [1.165, 1.54) is 6.33 Å². The van der Waals surface area contributed by atoms with Gasteiger partial charge in [-0.25, -0.2) is 9.97 Å². The van der Waals surface area contributed by atoms with Crippen molar-refractivity contribution in [1.82, 2.24) is 9.97 Å². The highest BCUT2D eigenvalue weighted by atomic mass is 16.3. The fraction of sp³-hybridized carbons (Fsp3) is 0.400. The van der Waals surface area contributed by atoms with Crippen LogP contribution in [0, 0.1) is 0 Å². The molecule has 0 spiro atoms. The van der Waals surface area contributed by atoms with Crippen molar-refractivity contribution in [1.29, 1.82) is 0 Å². The van der Waals surface area contributed by atoms with Gasteiger partial charge in [0.2, 0.25) is 5.71 Å². The number of hydrogen-bond donors (Lipinski definition) is 0. The van der Waals surface area contributed by atoms with Crippen LogP contribution in [0.4, 0.5) is 0 Å². The van der Waals surface area contributed by atoms with Gasteiger partial charge in [-0.15, -0.1) is 0 Å². The summed E-state index contributed by atoms with van der Waals surface area (Å²) in [5.41, 5.74) is 1.90. The summed E-state index contributed by atoms with van der Waals surface area (Å²) in [6.45, 7) is 6.43. The minimum absolute atomic E-state index is 0.0793. The molecule has 0 aliphatic heterocycles. The second-order valence-electron chi connectivity index (χ2n) is 4.14. The van der Waals surface area contributed by atoms with Crippen LogP contribution in [0.5, 0.6) is 0 Å². The number of hydrogen-bond acceptors (Lipinski definition) is 3. The maximum atomic E-state index is 5.32. The molecule has 0 bridgehead atoms. The molecule has 2 aromatic rings. The molecule has 2 heterocycles. The summed E-state index contributed by atoms with van der Waals surface area (Å²) in [5.74, 6) is 0. The van der Waals surface area contributed by atoms with E-state index in [4.69, 9.17) is 4.42 Å². The Labute approximate surface area is 76.8 Å². The molecule has 0 atom stereocenters. The number of furan rings is 1. The first kappa shape index (κ1) is 8.23. The summed E-state index contributed by atoms with van der Waals surface area (Å²) in [5, 5.41) is 1.01. The van der Waals surface area contributed by atoms with Crippen molar-refractivity contribution in [3.05, 3.63) is 24.4 Å². The zero-order valence-corrected chi connectivity index (χ0v) is 8.03. The van der Waals surface area contributed by atoms with E-state index in [1.807, 2.05) is 0 Å². The number of nitrogens with zero attached hydrogens (tertiary/aromatic N) is 2. The lowest BCUT2D eigenvalue weighted by atomic mass is 9.88. The summed E-state index contributed by atoms with van der Waals surface area (Å²) >= 11 is 0. The van der Waals surface area contributed by atoms with Crippen LogP contribution < -0.4 is 0 Å². The Kier molecular flexibility index (Phi) is 1.62. The Morgan fingerprint density at radius 2 is 2.08 bits per heavy atom. The third-order valence-corrected chi connectivity index (χ3v) is 2.06. The van der Waals surface area contributed by atoms with Gasteiger partial charge in [0.05, 0.1) is 11.6 Å². The van der Waals surface area contributed by atoms with Gasteiger partial charge in [0.15, 0.2) is 0 Å². The fourth-order valence-electron chi connectivity index (χ4n) is 1.36. The molecule has 0 N–H and O–H groups in total. The number of rotatable bonds is 0. The molecule has 0 saturated carbocycles. The zero-order valence-electron chi connectivity index (χ0n) is 8.03. The highest BCUT2D eigenvalue weighted by molar-refractivity contribution is 5.77. The van der Waals surface area contributed by atoms with Gasteiger partial charge in [0.1, 0.15) is 6.33 Å². The summed E-state index contributed by atoms with van der Waals surface area (Å²) in [6.07, 6.45) is 5.06. The zero-order chi connectivity index (χ0) is 9.47. The van der Waals surface area contributed by atoms with E-state index in [2.05, 4.69) is 30.7 Å². The highest BCUT2D eigenvalue weighted by Gasteiger charge is 2.19. The lowest BCUT2D eigenvalue weighted by molar-refractivity contribution is 0.553. The van der Waals surface area contributed by atoms with E-state index < -0.39 is 0 Å². The Hall–Kier alpha value is -1.38. The van der Waals surface area contributed by atoms with Crippen LogP contribution in [0.2, 0.25) is 0 Å². The van der Waals surface area contributed by atoms with Crippen molar-refractivity contribution in [3.8, 4) is 0 Å². The van der Waals surface area contributed by atoms with Crippen molar-refractivity contribution in [3.63, 3.8) is 0 Å². The molecule has 68 valence electrons. The van der Waals surface area contributed by atoms with E-state index >= 15 is 0 Å². The first-order chi connectivity index (χ1) is 6.09. The van der Waals surface area contributed by atoms with Gasteiger partial charge in [0, 0.05) is 11.8 Å². The van der Waals surface area contributed by atoms with Crippen molar-refractivity contribution in [2.75, 3.05) is 0 Å². The molecule has 0 unspecified atom stereocenters. The molecule has 0 aliphatic carbocycles. The number of fused-ring (bicyclic) bond motifs is 1. The molecule has 0 saturated heterocycles. The van der Waals surface area contributed by atoms with Crippen molar-refractivity contribution >= 4 is 11.1 Å². The monoisotopic (exact) mass is 176 g/mol. The van der Waals surface area contributed by atoms with Crippen LogP contribution >= 0.6 is 0 Å². The topological polar surface area (TPSA) is 38.9 Å². The maximum Gasteiger partial charge on any atom is 0.229 e. The molecule has 0 amide bonds. The largest absolute Gasteiger partial charge is 0.446 e. The standard InChI is InChI=1S/C10H12N2O/c1-10(2,3)8-5-13-9-7(8)4-11-6-12-9/h4-6H,1-3H3. The molecule has 3 nitrogen and oxygen atoms in total. The summed E-state index contributed by atoms with van der Waals surface area (Å²) in [6, 6.07) is 0. The van der Waals surface area contributed by atoms with Crippen molar-refractivity contribution < 1.29 is 4.42 Å². The Bertz CT molecular complexity index is 426. The second-order valence-corrected chi connectivity index (χ2v) is 4.14. The van der Waals surface area contributed by atoms with Crippen LogP contribution in [-0.2, 0) is 5.41 Å². The van der Waals surface area contributed by atoms with E-state index in [0.717, 1.165) is 10.9 Å². The van der Waals surface area contributed by atoms with Gasteiger partial charge in [-0.05, 0) is 5.41 Å². The second kappa shape index (κ2) is 2.55. The fourth-order valence-corrected chi connectivity index (χ4v) is 1.36. The van der Waals surface area contributed by atoms with E-state index in [9.17, 15) is 0 Å². The Morgan fingerprint density at radius 3 is 2.77 bits per heavy atom. The smallest absolute Gasteiger partial charge is 0.229 e. The Morgan fingerprint density at radius 1 is 1.31 bits per heavy atom. The molecule has 0 aromatic carbocycles. The van der Waals surface area contributed by atoms with Gasteiger partial charge < -0.3 is 4.42 Å². The van der Waals surface area contributed by atoms with Gasteiger partial charge in [-0.2, -0.15) is 0 Å². The molecule has 0 fully saturated rings. The molecule has 13 heavy (non-hydrogen) atoms. The predicted octanol–water partition coefficient (Wildman–Crippen LogP) is 2.52. The van der Waals surface area contributed by atoms with Gasteiger partial charge in [-0.3, -0.25) is 0 Å². The van der Waals surface area contributed by atoms with Crippen LogP contribution in [0.1, 0.15) is 26.3 Å². The average Bonchev–Trinajstić information content (AvgIpc) is 2.45. The lowest BCUT2D eigenvalue weighted by Gasteiger charge is -2.15. The normalized spacial score (nSPS) is 12.2. The molecule has 2 aromatic heterocycles. The van der Waals surface area contributed by atoms with Crippen LogP contribution in [0.15, 0.2) is 23.2 Å². The van der Waals surface area contributed by atoms with Gasteiger partial charge in [-0.1, -0.05) is 20.8 Å². The quantitative estimate of drug-likeness (QED) is 0.619. The average molecular weight is 176 g/mol. The molecular weight excluding hydrogens is 164 g/mol. The van der Waals surface area contributed by atoms with Crippen molar-refractivity contribution in [2.24, 2.45) is 0 Å². The molecule has 2 rings (SSSR count). The number of aromatic nitrogens is 2. The van der Waals surface area contributed by atoms with E-state index in [-0.39, 0.29) is 5.41 Å². The summed E-state index contributed by atoms with van der Waals surface area (Å²) in [4.78, 5) is 8.03. The molecular formula is C10H12N2O. The highest BCUT2D eigenvalue weighted by Crippen LogP contribution is 2.29. The van der Waals surface area contributed by atoms with E-state index in [0.29, 0.717) is 5.71 Å². The third kappa shape index (κ3) is 1.30. The first-order valence-electron chi connectivity index (χ1n) is 4.27. The molecule has 3 heteroatoms. The lowest BCUT2D eigenvalue weighted by Crippen LogP contribution is -2.09. The Balaban J connectivity index is 2.72. The summed E-state index contributed by atoms with van der Waals surface area (Å²) in [7, 11) is 0. The maximum absolute atomic E-state index is 5.32. The van der Waals surface area contributed by atoms with Gasteiger partial charge >= 0.3 is 0 Å². The van der Waals surface area contributed by atoms with Crippen molar-refractivity contribution in [2.45, 2.75) is 26.2 Å². The van der Waals surface area contributed by atoms with Crippen LogP contribution in [-0.4, -0.2) is 9.97 Å².